The number of aromatic nitrogens is 7. The lowest BCUT2D eigenvalue weighted by Crippen LogP contribution is -2.53. The summed E-state index contributed by atoms with van der Waals surface area (Å²) in [6, 6.07) is 3.25. The van der Waals surface area contributed by atoms with Gasteiger partial charge in [-0.05, 0) is 57.9 Å². The lowest BCUT2D eigenvalue weighted by molar-refractivity contribution is -0.148. The maximum atomic E-state index is 13.8. The van der Waals surface area contributed by atoms with E-state index in [9.17, 15) is 53.1 Å². The molecule has 29 heteroatoms. The van der Waals surface area contributed by atoms with Gasteiger partial charge in [0, 0.05) is 63.3 Å². The summed E-state index contributed by atoms with van der Waals surface area (Å²) in [7, 11) is 0. The van der Waals surface area contributed by atoms with Gasteiger partial charge in [0.2, 0.25) is 35.3 Å². The predicted octanol–water partition coefficient (Wildman–Crippen LogP) is 1.37. The maximum Gasteiger partial charge on any atom is 0.328 e. The number of anilines is 1. The molecule has 0 spiro atoms. The standard InChI is InChI=1S/C50H54N14O14S/c1-6-30-41(78-27(5)55-30)47(74)59-50-61(15-8-9-16-62-44-32(20-29(23-53-44)43(52)71)57-49(62)58-46(73)33-19-25(3)60-64(33)7-2)40-34(21-28(42(51)70)22-35(40)79-50)76-17-10-18-77-48(75)26(4)54-45(72)31(11-14-39(68)69)56-36(65)24-63-37(66)12-13-38(63)67/h8-9,12-13,19-23,26,31H,6-7,10-11,14-18,24H2,1-5H3,(H2,51,70)(H2,52,71)(H,54,72)(H,56,65)(H,68,69)(H,57,58,73)/b9-8+,59-50?/t26-,31-/m0/s1. The minimum atomic E-state index is -1.46. The number of carboxylic acid groups (broad SMARTS) is 1. The minimum absolute atomic E-state index is 0.0222. The third kappa shape index (κ3) is 13.7. The molecule has 2 atom stereocenters. The Morgan fingerprint density at radius 2 is 1.62 bits per heavy atom. The molecule has 7 rings (SSSR count). The monoisotopic (exact) mass is 1110 g/mol. The number of oxazole rings is 1. The molecule has 0 fully saturated rings. The molecule has 0 bridgehead atoms. The molecule has 0 unspecified atom stereocenters. The summed E-state index contributed by atoms with van der Waals surface area (Å²) in [5.41, 5.74) is 13.7. The molecular weight excluding hydrogens is 1050 g/mol. The summed E-state index contributed by atoms with van der Waals surface area (Å²) in [6.07, 6.45) is 6.21. The van der Waals surface area contributed by atoms with Gasteiger partial charge in [-0.1, -0.05) is 30.4 Å². The molecule has 6 aromatic rings. The first-order valence-corrected chi connectivity index (χ1v) is 25.3. The number of carbonyl (C=O) groups excluding carboxylic acids is 9. The van der Waals surface area contributed by atoms with Crippen LogP contribution in [0.1, 0.15) is 99.1 Å². The van der Waals surface area contributed by atoms with Crippen molar-refractivity contribution in [3.63, 3.8) is 0 Å². The zero-order valence-corrected chi connectivity index (χ0v) is 44.1. The first kappa shape index (κ1) is 57.0. The number of esters is 1. The highest BCUT2D eigenvalue weighted by Crippen LogP contribution is 2.31. The molecule has 79 heavy (non-hydrogen) atoms. The summed E-state index contributed by atoms with van der Waals surface area (Å²) in [6.45, 7) is 7.72. The number of aryl methyl sites for hydroxylation is 4. The molecule has 0 radical (unpaired) electrons. The zero-order valence-electron chi connectivity index (χ0n) is 43.3. The number of imidazole rings is 1. The van der Waals surface area contributed by atoms with Crippen LogP contribution >= 0.6 is 11.3 Å². The molecule has 1 aliphatic rings. The predicted molar refractivity (Wildman–Crippen MR) is 278 cm³/mol. The van der Waals surface area contributed by atoms with Crippen molar-refractivity contribution in [2.45, 2.75) is 92.0 Å². The van der Waals surface area contributed by atoms with Crippen LogP contribution in [0.4, 0.5) is 5.95 Å². The number of nitrogens with one attached hydrogen (secondary N) is 3. The molecule has 5 aromatic heterocycles. The van der Waals surface area contributed by atoms with Gasteiger partial charge in [-0.2, -0.15) is 10.1 Å². The fraction of sp³-hybridized carbons (Fsp3) is 0.340. The number of ether oxygens (including phenoxy) is 2. The van der Waals surface area contributed by atoms with Gasteiger partial charge >= 0.3 is 17.8 Å². The third-order valence-electron chi connectivity index (χ3n) is 11.8. The smallest absolute Gasteiger partial charge is 0.328 e. The van der Waals surface area contributed by atoms with Crippen LogP contribution in [0.15, 0.2) is 64.2 Å². The van der Waals surface area contributed by atoms with E-state index in [0.29, 0.717) is 45.1 Å². The number of carbonyl (C=O) groups is 10. The second kappa shape index (κ2) is 25.0. The average Bonchev–Trinajstić information content (AvgIpc) is 4.25. The Hall–Kier alpha value is -9.67. The fourth-order valence-corrected chi connectivity index (χ4v) is 9.12. The van der Waals surface area contributed by atoms with Crippen LogP contribution in [-0.4, -0.2) is 135 Å². The van der Waals surface area contributed by atoms with Crippen molar-refractivity contribution in [2.24, 2.45) is 16.5 Å². The number of benzene rings is 1. The second-order valence-electron chi connectivity index (χ2n) is 17.6. The highest BCUT2D eigenvalue weighted by molar-refractivity contribution is 7.16. The number of fused-ring (bicyclic) bond motifs is 2. The quantitative estimate of drug-likeness (QED) is 0.0204. The van der Waals surface area contributed by atoms with Crippen LogP contribution in [0.2, 0.25) is 0 Å². The van der Waals surface area contributed by atoms with Crippen molar-refractivity contribution < 1.29 is 66.9 Å². The van der Waals surface area contributed by atoms with E-state index in [-0.39, 0.29) is 89.6 Å². The number of hydrogen-bond donors (Lipinski definition) is 6. The van der Waals surface area contributed by atoms with E-state index >= 15 is 0 Å². The third-order valence-corrected chi connectivity index (χ3v) is 12.9. The van der Waals surface area contributed by atoms with E-state index < -0.39 is 84.2 Å². The first-order chi connectivity index (χ1) is 37.6. The summed E-state index contributed by atoms with van der Waals surface area (Å²) < 4.78 is 22.5. The summed E-state index contributed by atoms with van der Waals surface area (Å²) in [5, 5.41) is 21.1. The van der Waals surface area contributed by atoms with Crippen LogP contribution < -0.4 is 37.0 Å². The summed E-state index contributed by atoms with van der Waals surface area (Å²) >= 11 is 1.04. The minimum Gasteiger partial charge on any atom is -0.491 e. The van der Waals surface area contributed by atoms with E-state index in [1.807, 2.05) is 6.92 Å². The number of primary amides is 2. The highest BCUT2D eigenvalue weighted by Gasteiger charge is 2.30. The Morgan fingerprint density at radius 1 is 0.911 bits per heavy atom. The molecule has 0 saturated carbocycles. The largest absolute Gasteiger partial charge is 0.491 e. The number of pyridine rings is 1. The van der Waals surface area contributed by atoms with Gasteiger partial charge in [-0.3, -0.25) is 62.6 Å². The first-order valence-electron chi connectivity index (χ1n) is 24.5. The van der Waals surface area contributed by atoms with Crippen molar-refractivity contribution in [3.8, 4) is 5.75 Å². The number of hydrogen-bond acceptors (Lipinski definition) is 18. The summed E-state index contributed by atoms with van der Waals surface area (Å²) in [5.74, 6) is -7.85. The molecule has 0 aliphatic carbocycles. The topological polar surface area (TPSA) is 393 Å². The number of nitrogens with two attached hydrogens (primary N) is 2. The number of rotatable bonds is 25. The number of thiazole rings is 1. The summed E-state index contributed by atoms with van der Waals surface area (Å²) in [4.78, 5) is 145. The molecule has 1 aliphatic heterocycles. The van der Waals surface area contributed by atoms with Crippen LogP contribution in [-0.2, 0) is 59.6 Å². The SMILES string of the molecule is CCc1nc(C)oc1C(=O)N=c1sc2cc(C(N)=O)cc(OCCCOC(=O)[C@H](C)NC(=O)[C@H](CCC(=O)O)NC(=O)CN3C(=O)C=CC3=O)c2n1C/C=C/Cn1c(NC(=O)c2cc(C)nn2CC)nc2cc(C(N)=O)cnc21. The number of imide groups is 1. The van der Waals surface area contributed by atoms with Crippen molar-refractivity contribution in [2.75, 3.05) is 25.1 Å². The van der Waals surface area contributed by atoms with E-state index in [4.69, 9.17) is 25.4 Å². The molecule has 28 nitrogen and oxygen atoms in total. The van der Waals surface area contributed by atoms with Gasteiger partial charge in [0.25, 0.3) is 17.7 Å². The zero-order chi connectivity index (χ0) is 57.2. The normalized spacial score (nSPS) is 13.3. The van der Waals surface area contributed by atoms with Crippen LogP contribution in [0.25, 0.3) is 21.4 Å². The Kier molecular flexibility index (Phi) is 18.0. The Labute approximate surface area is 451 Å². The molecular formula is C50H54N14O14S. The maximum absolute atomic E-state index is 13.8. The molecule has 8 amide bonds. The van der Waals surface area contributed by atoms with Gasteiger partial charge in [0.05, 0.1) is 34.9 Å². The van der Waals surface area contributed by atoms with Crippen molar-refractivity contribution in [1.29, 1.82) is 0 Å². The second-order valence-corrected chi connectivity index (χ2v) is 18.6. The molecule has 1 aromatic carbocycles. The number of amides is 8. The van der Waals surface area contributed by atoms with E-state index in [1.165, 1.54) is 31.3 Å². The molecule has 8 N–H and O–H groups in total. The number of allylic oxidation sites excluding steroid dienone is 2. The average molecular weight is 1110 g/mol. The van der Waals surface area contributed by atoms with Gasteiger partial charge in [0.15, 0.2) is 16.3 Å². The van der Waals surface area contributed by atoms with Crippen molar-refractivity contribution >= 4 is 97.9 Å². The Balaban J connectivity index is 1.11. The van der Waals surface area contributed by atoms with E-state index in [2.05, 4.69) is 41.0 Å². The van der Waals surface area contributed by atoms with E-state index in [1.54, 1.807) is 52.8 Å². The van der Waals surface area contributed by atoms with Crippen molar-refractivity contribution in [1.82, 2.24) is 49.4 Å². The lowest BCUT2D eigenvalue weighted by Gasteiger charge is -2.21. The van der Waals surface area contributed by atoms with Crippen LogP contribution in [0.3, 0.4) is 0 Å². The van der Waals surface area contributed by atoms with Gasteiger partial charge in [0.1, 0.15) is 41.1 Å². The van der Waals surface area contributed by atoms with Gasteiger partial charge in [-0.15, -0.1) is 0 Å². The van der Waals surface area contributed by atoms with Gasteiger partial charge in [-0.25, -0.2) is 19.7 Å². The number of carboxylic acids is 1. The number of nitrogens with zero attached hydrogens (tertiary/aromatic N) is 9. The fourth-order valence-electron chi connectivity index (χ4n) is 8.02. The Bertz CT molecular complexity index is 3560. The number of aliphatic carboxylic acids is 1. The lowest BCUT2D eigenvalue weighted by atomic mass is 10.1. The molecule has 414 valence electrons. The van der Waals surface area contributed by atoms with Crippen molar-refractivity contribution in [3.05, 3.63) is 99.4 Å². The van der Waals surface area contributed by atoms with Gasteiger partial charge < -0.3 is 45.7 Å². The van der Waals surface area contributed by atoms with Crippen LogP contribution in [0, 0.1) is 13.8 Å². The Morgan fingerprint density at radius 3 is 2.29 bits per heavy atom. The van der Waals surface area contributed by atoms with Crippen LogP contribution in [0.5, 0.6) is 5.75 Å². The van der Waals surface area contributed by atoms with E-state index in [0.717, 1.165) is 23.5 Å². The highest BCUT2D eigenvalue weighted by atomic mass is 32.1. The molecule has 6 heterocycles. The molecule has 0 saturated heterocycles.